The lowest BCUT2D eigenvalue weighted by molar-refractivity contribution is 0.124. The second-order valence-corrected chi connectivity index (χ2v) is 5.53. The summed E-state index contributed by atoms with van der Waals surface area (Å²) in [5.74, 6) is 0.851. The molecule has 5 heteroatoms. The predicted molar refractivity (Wildman–Crippen MR) is 85.4 cm³/mol. The van der Waals surface area contributed by atoms with Gasteiger partial charge in [-0.15, -0.1) is 0 Å². The molecule has 1 aliphatic heterocycles. The number of ether oxygens (including phenoxy) is 1. The molecule has 1 saturated heterocycles. The Hall–Kier alpha value is -2.27. The molecule has 0 spiro atoms. The van der Waals surface area contributed by atoms with Gasteiger partial charge in [-0.1, -0.05) is 30.3 Å². The second kappa shape index (κ2) is 6.66. The highest BCUT2D eigenvalue weighted by Crippen LogP contribution is 2.20. The molecular weight excluding hydrogens is 280 g/mol. The number of hydrogen-bond donors (Lipinski definition) is 2. The summed E-state index contributed by atoms with van der Waals surface area (Å²) in [6, 6.07) is 14.4. The molecule has 0 aromatic heterocycles. The zero-order valence-electron chi connectivity index (χ0n) is 12.4. The van der Waals surface area contributed by atoms with Crippen LogP contribution in [0.15, 0.2) is 42.5 Å². The van der Waals surface area contributed by atoms with E-state index in [1.807, 2.05) is 24.3 Å². The summed E-state index contributed by atoms with van der Waals surface area (Å²) in [5.41, 5.74) is 0. The number of piperazine rings is 1. The predicted octanol–water partition coefficient (Wildman–Crippen LogP) is 2.56. The first-order valence-electron chi connectivity index (χ1n) is 7.55. The fourth-order valence-corrected chi connectivity index (χ4v) is 2.77. The van der Waals surface area contributed by atoms with Gasteiger partial charge >= 0.3 is 6.09 Å². The minimum absolute atomic E-state index is 0.158. The maximum atomic E-state index is 11.0. The zero-order chi connectivity index (χ0) is 15.4. The molecule has 0 aliphatic carbocycles. The van der Waals surface area contributed by atoms with E-state index in [1.165, 1.54) is 10.3 Å². The molecule has 0 saturated carbocycles. The van der Waals surface area contributed by atoms with Crippen LogP contribution in [0.5, 0.6) is 5.75 Å². The molecule has 116 valence electrons. The van der Waals surface area contributed by atoms with Crippen LogP contribution in [0.4, 0.5) is 4.79 Å². The molecule has 22 heavy (non-hydrogen) atoms. The molecule has 3 rings (SSSR count). The number of nitrogens with zero attached hydrogens (tertiary/aromatic N) is 1. The molecule has 2 N–H and O–H groups in total. The third-order valence-electron chi connectivity index (χ3n) is 3.98. The smallest absolute Gasteiger partial charge is 0.407 e. The summed E-state index contributed by atoms with van der Waals surface area (Å²) < 4.78 is 5.81. The highest BCUT2D eigenvalue weighted by molar-refractivity contribution is 5.83. The molecule has 1 heterocycles. The molecule has 1 amide bonds. The van der Waals surface area contributed by atoms with E-state index in [0.29, 0.717) is 26.2 Å². The molecule has 1 atom stereocenters. The van der Waals surface area contributed by atoms with Gasteiger partial charge in [0.05, 0.1) is 6.61 Å². The molecule has 1 fully saturated rings. The quantitative estimate of drug-likeness (QED) is 0.911. The first kappa shape index (κ1) is 14.7. The number of benzene rings is 2. The van der Waals surface area contributed by atoms with Gasteiger partial charge in [0.2, 0.25) is 0 Å². The number of fused-ring (bicyclic) bond motifs is 1. The molecule has 5 nitrogen and oxygen atoms in total. The lowest BCUT2D eigenvalue weighted by atomic mass is 10.1. The van der Waals surface area contributed by atoms with Crippen molar-refractivity contribution in [2.75, 3.05) is 26.2 Å². The fraction of sp³-hybridized carbons (Fsp3) is 0.353. The van der Waals surface area contributed by atoms with Crippen LogP contribution < -0.4 is 10.1 Å². The third-order valence-corrected chi connectivity index (χ3v) is 3.98. The topological polar surface area (TPSA) is 61.8 Å². The van der Waals surface area contributed by atoms with Crippen molar-refractivity contribution in [1.82, 2.24) is 10.2 Å². The van der Waals surface area contributed by atoms with E-state index in [0.717, 1.165) is 17.6 Å². The van der Waals surface area contributed by atoms with Crippen LogP contribution in [0.3, 0.4) is 0 Å². The monoisotopic (exact) mass is 300 g/mol. The van der Waals surface area contributed by atoms with Crippen molar-refractivity contribution in [1.29, 1.82) is 0 Å². The van der Waals surface area contributed by atoms with Crippen molar-refractivity contribution in [3.05, 3.63) is 42.5 Å². The van der Waals surface area contributed by atoms with Crippen LogP contribution in [-0.2, 0) is 0 Å². The largest absolute Gasteiger partial charge is 0.494 e. The molecular formula is C17H20N2O3. The maximum Gasteiger partial charge on any atom is 0.407 e. The normalized spacial score (nSPS) is 18.4. The number of carbonyl (C=O) groups is 1. The van der Waals surface area contributed by atoms with Crippen molar-refractivity contribution in [2.24, 2.45) is 0 Å². The number of nitrogens with one attached hydrogen (secondary N) is 1. The Bertz CT molecular complexity index is 659. The van der Waals surface area contributed by atoms with Crippen molar-refractivity contribution in [3.8, 4) is 5.75 Å². The Morgan fingerprint density at radius 1 is 1.27 bits per heavy atom. The van der Waals surface area contributed by atoms with E-state index < -0.39 is 6.09 Å². The number of hydrogen-bond acceptors (Lipinski definition) is 3. The number of carboxylic acid groups (broad SMARTS) is 1. The minimum Gasteiger partial charge on any atom is -0.494 e. The van der Waals surface area contributed by atoms with Crippen molar-refractivity contribution in [3.63, 3.8) is 0 Å². The van der Waals surface area contributed by atoms with E-state index in [4.69, 9.17) is 9.84 Å². The van der Waals surface area contributed by atoms with Gasteiger partial charge in [-0.05, 0) is 29.3 Å². The first-order valence-corrected chi connectivity index (χ1v) is 7.55. The standard InChI is InChI=1S/C17H20N2O3/c20-17(21)19-9-8-18-15(12-19)7-10-22-16-6-5-13-3-1-2-4-14(13)11-16/h1-6,11,15,18H,7-10,12H2,(H,20,21)/t15-/m1/s1. The molecule has 1 aliphatic rings. The van der Waals surface area contributed by atoms with E-state index >= 15 is 0 Å². The van der Waals surface area contributed by atoms with Crippen LogP contribution in [-0.4, -0.2) is 48.4 Å². The van der Waals surface area contributed by atoms with Gasteiger partial charge in [-0.25, -0.2) is 4.79 Å². The van der Waals surface area contributed by atoms with Gasteiger partial charge in [0.1, 0.15) is 5.75 Å². The molecule has 0 radical (unpaired) electrons. The first-order chi connectivity index (χ1) is 10.7. The minimum atomic E-state index is -0.845. The van der Waals surface area contributed by atoms with Crippen LogP contribution in [0.2, 0.25) is 0 Å². The highest BCUT2D eigenvalue weighted by Gasteiger charge is 2.22. The summed E-state index contributed by atoms with van der Waals surface area (Å²) >= 11 is 0. The van der Waals surface area contributed by atoms with Crippen molar-refractivity contribution < 1.29 is 14.6 Å². The zero-order valence-corrected chi connectivity index (χ0v) is 12.4. The Balaban J connectivity index is 1.52. The van der Waals surface area contributed by atoms with Gasteiger partial charge in [-0.2, -0.15) is 0 Å². The molecule has 0 bridgehead atoms. The van der Waals surface area contributed by atoms with Gasteiger partial charge in [0.25, 0.3) is 0 Å². The van der Waals surface area contributed by atoms with Crippen LogP contribution >= 0.6 is 0 Å². The Kier molecular flexibility index (Phi) is 4.44. The number of amides is 1. The summed E-state index contributed by atoms with van der Waals surface area (Å²) in [6.07, 6.45) is -0.0571. The highest BCUT2D eigenvalue weighted by atomic mass is 16.5. The summed E-state index contributed by atoms with van der Waals surface area (Å²) in [6.45, 7) is 2.35. The van der Waals surface area contributed by atoms with E-state index in [-0.39, 0.29) is 6.04 Å². The second-order valence-electron chi connectivity index (χ2n) is 5.53. The summed E-state index contributed by atoms with van der Waals surface area (Å²) in [4.78, 5) is 12.4. The van der Waals surface area contributed by atoms with Gasteiger partial charge < -0.3 is 20.1 Å². The van der Waals surface area contributed by atoms with E-state index in [2.05, 4.69) is 23.5 Å². The SMILES string of the molecule is O=C(O)N1CCN[C@H](CCOc2ccc3ccccc3c2)C1. The van der Waals surface area contributed by atoms with Crippen LogP contribution in [0.25, 0.3) is 10.8 Å². The lowest BCUT2D eigenvalue weighted by Gasteiger charge is -2.31. The third kappa shape index (κ3) is 3.49. The summed E-state index contributed by atoms with van der Waals surface area (Å²) in [5, 5.41) is 14.7. The van der Waals surface area contributed by atoms with E-state index in [9.17, 15) is 4.79 Å². The summed E-state index contributed by atoms with van der Waals surface area (Å²) in [7, 11) is 0. The van der Waals surface area contributed by atoms with Crippen molar-refractivity contribution >= 4 is 16.9 Å². The maximum absolute atomic E-state index is 11.0. The Morgan fingerprint density at radius 3 is 2.91 bits per heavy atom. The lowest BCUT2D eigenvalue weighted by Crippen LogP contribution is -2.52. The molecule has 0 unspecified atom stereocenters. The number of rotatable bonds is 4. The van der Waals surface area contributed by atoms with Crippen LogP contribution in [0, 0.1) is 0 Å². The van der Waals surface area contributed by atoms with Gasteiger partial charge in [0, 0.05) is 25.7 Å². The van der Waals surface area contributed by atoms with Crippen molar-refractivity contribution in [2.45, 2.75) is 12.5 Å². The molecule has 2 aromatic rings. The fourth-order valence-electron chi connectivity index (χ4n) is 2.77. The van der Waals surface area contributed by atoms with Gasteiger partial charge in [-0.3, -0.25) is 0 Å². The van der Waals surface area contributed by atoms with Gasteiger partial charge in [0.15, 0.2) is 0 Å². The molecule has 2 aromatic carbocycles. The average Bonchev–Trinajstić information content (AvgIpc) is 2.55. The Morgan fingerprint density at radius 2 is 2.09 bits per heavy atom. The Labute approximate surface area is 129 Å². The van der Waals surface area contributed by atoms with Crippen LogP contribution in [0.1, 0.15) is 6.42 Å². The average molecular weight is 300 g/mol. The van der Waals surface area contributed by atoms with E-state index in [1.54, 1.807) is 0 Å².